The molecule has 0 aliphatic heterocycles. The zero-order valence-corrected chi connectivity index (χ0v) is 12.2. The predicted octanol–water partition coefficient (Wildman–Crippen LogP) is 4.22. The number of halogens is 1. The second-order valence-corrected chi connectivity index (χ2v) is 5.78. The Kier molecular flexibility index (Phi) is 3.87. The molecule has 2 aromatic heterocycles. The molecule has 0 aliphatic rings. The van der Waals surface area contributed by atoms with Crippen molar-refractivity contribution in [3.63, 3.8) is 0 Å². The Morgan fingerprint density at radius 2 is 2.05 bits per heavy atom. The van der Waals surface area contributed by atoms with Gasteiger partial charge in [-0.15, -0.1) is 11.3 Å². The van der Waals surface area contributed by atoms with E-state index in [4.69, 9.17) is 21.8 Å². The third-order valence-electron chi connectivity index (χ3n) is 2.93. The van der Waals surface area contributed by atoms with E-state index >= 15 is 0 Å². The van der Waals surface area contributed by atoms with Crippen molar-refractivity contribution in [2.75, 3.05) is 6.54 Å². The van der Waals surface area contributed by atoms with Crippen molar-refractivity contribution in [2.45, 2.75) is 6.42 Å². The van der Waals surface area contributed by atoms with Gasteiger partial charge in [-0.25, -0.2) is 4.98 Å². The number of furan rings is 1. The van der Waals surface area contributed by atoms with Gasteiger partial charge in [-0.1, -0.05) is 29.8 Å². The van der Waals surface area contributed by atoms with Crippen molar-refractivity contribution in [3.05, 3.63) is 52.6 Å². The highest BCUT2D eigenvalue weighted by molar-refractivity contribution is 7.15. The van der Waals surface area contributed by atoms with Crippen molar-refractivity contribution in [1.82, 2.24) is 4.98 Å². The zero-order valence-electron chi connectivity index (χ0n) is 10.7. The lowest BCUT2D eigenvalue weighted by atomic mass is 10.2. The van der Waals surface area contributed by atoms with Crippen LogP contribution in [0, 0.1) is 0 Å². The summed E-state index contributed by atoms with van der Waals surface area (Å²) in [5, 5.41) is 1.59. The van der Waals surface area contributed by atoms with Crippen LogP contribution in [0.15, 0.2) is 47.1 Å². The number of nitrogens with zero attached hydrogens (tertiary/aromatic N) is 1. The van der Waals surface area contributed by atoms with Gasteiger partial charge in [0, 0.05) is 10.4 Å². The summed E-state index contributed by atoms with van der Waals surface area (Å²) in [7, 11) is 0. The fraction of sp³-hybridized carbons (Fsp3) is 0.133. The van der Waals surface area contributed by atoms with Gasteiger partial charge < -0.3 is 10.2 Å². The molecular formula is C15H13ClN2OS. The van der Waals surface area contributed by atoms with Crippen LogP contribution >= 0.6 is 22.9 Å². The van der Waals surface area contributed by atoms with E-state index in [9.17, 15) is 0 Å². The van der Waals surface area contributed by atoms with Gasteiger partial charge in [0.15, 0.2) is 5.76 Å². The van der Waals surface area contributed by atoms with E-state index in [2.05, 4.69) is 4.98 Å². The average Bonchev–Trinajstić information content (AvgIpc) is 3.08. The monoisotopic (exact) mass is 304 g/mol. The summed E-state index contributed by atoms with van der Waals surface area (Å²) in [6.45, 7) is 0.581. The first-order valence-corrected chi connectivity index (χ1v) is 7.47. The summed E-state index contributed by atoms with van der Waals surface area (Å²) >= 11 is 7.85. The number of benzene rings is 1. The molecule has 102 valence electrons. The molecule has 5 heteroatoms. The summed E-state index contributed by atoms with van der Waals surface area (Å²) in [5.74, 6) is 0.767. The summed E-state index contributed by atoms with van der Waals surface area (Å²) in [6, 6.07) is 11.5. The van der Waals surface area contributed by atoms with Crippen molar-refractivity contribution >= 4 is 22.9 Å². The van der Waals surface area contributed by atoms with E-state index in [1.807, 2.05) is 36.4 Å². The maximum Gasteiger partial charge on any atom is 0.153 e. The van der Waals surface area contributed by atoms with E-state index in [0.29, 0.717) is 11.6 Å². The maximum absolute atomic E-state index is 6.24. The number of rotatable bonds is 4. The van der Waals surface area contributed by atoms with E-state index in [0.717, 1.165) is 33.3 Å². The van der Waals surface area contributed by atoms with Crippen LogP contribution in [0.4, 0.5) is 0 Å². The Balaban J connectivity index is 2.10. The molecule has 0 radical (unpaired) electrons. The number of hydrogen-bond donors (Lipinski definition) is 1. The molecule has 0 saturated carbocycles. The van der Waals surface area contributed by atoms with Gasteiger partial charge in [-0.05, 0) is 31.2 Å². The Morgan fingerprint density at radius 3 is 2.75 bits per heavy atom. The summed E-state index contributed by atoms with van der Waals surface area (Å²) in [5.41, 5.74) is 7.48. The van der Waals surface area contributed by atoms with E-state index in [1.54, 1.807) is 17.6 Å². The van der Waals surface area contributed by atoms with Crippen LogP contribution in [-0.4, -0.2) is 11.5 Å². The zero-order chi connectivity index (χ0) is 13.9. The van der Waals surface area contributed by atoms with E-state index in [1.165, 1.54) is 0 Å². The van der Waals surface area contributed by atoms with Gasteiger partial charge in [0.2, 0.25) is 0 Å². The fourth-order valence-electron chi connectivity index (χ4n) is 2.01. The molecule has 0 amide bonds. The quantitative estimate of drug-likeness (QED) is 0.785. The molecule has 1 aromatic carbocycles. The largest absolute Gasteiger partial charge is 0.463 e. The summed E-state index contributed by atoms with van der Waals surface area (Å²) in [6.07, 6.45) is 2.42. The van der Waals surface area contributed by atoms with Crippen molar-refractivity contribution in [1.29, 1.82) is 0 Å². The standard InChI is InChI=1S/C15H13ClN2OS/c16-11-5-2-1-4-10(11)15-18-14(12-6-3-9-19-12)13(20-15)7-8-17/h1-6,9H,7-8,17H2. The molecule has 0 bridgehead atoms. The SMILES string of the molecule is NCCc1sc(-c2ccccc2Cl)nc1-c1ccco1. The highest BCUT2D eigenvalue weighted by Crippen LogP contribution is 2.36. The van der Waals surface area contributed by atoms with Gasteiger partial charge >= 0.3 is 0 Å². The first-order valence-electron chi connectivity index (χ1n) is 6.28. The summed E-state index contributed by atoms with van der Waals surface area (Å²) in [4.78, 5) is 5.81. The van der Waals surface area contributed by atoms with Crippen LogP contribution in [-0.2, 0) is 6.42 Å². The van der Waals surface area contributed by atoms with Gasteiger partial charge in [-0.3, -0.25) is 0 Å². The maximum atomic E-state index is 6.24. The molecule has 0 fully saturated rings. The lowest BCUT2D eigenvalue weighted by Gasteiger charge is -1.98. The average molecular weight is 305 g/mol. The lowest BCUT2D eigenvalue weighted by molar-refractivity contribution is 0.580. The molecule has 3 nitrogen and oxygen atoms in total. The van der Waals surface area contributed by atoms with Gasteiger partial charge in [0.1, 0.15) is 10.7 Å². The highest BCUT2D eigenvalue weighted by Gasteiger charge is 2.16. The van der Waals surface area contributed by atoms with Crippen LogP contribution in [0.3, 0.4) is 0 Å². The second-order valence-electron chi connectivity index (χ2n) is 4.29. The minimum atomic E-state index is 0.581. The predicted molar refractivity (Wildman–Crippen MR) is 83.0 cm³/mol. The van der Waals surface area contributed by atoms with Crippen LogP contribution in [0.2, 0.25) is 5.02 Å². The second kappa shape index (κ2) is 5.79. The minimum absolute atomic E-state index is 0.581. The van der Waals surface area contributed by atoms with Crippen molar-refractivity contribution in [3.8, 4) is 22.0 Å². The van der Waals surface area contributed by atoms with Gasteiger partial charge in [0.25, 0.3) is 0 Å². The Bertz CT molecular complexity index is 706. The topological polar surface area (TPSA) is 52.0 Å². The molecule has 0 saturated heterocycles. The number of nitrogens with two attached hydrogens (primary N) is 1. The molecule has 0 aliphatic carbocycles. The van der Waals surface area contributed by atoms with Crippen molar-refractivity contribution in [2.24, 2.45) is 5.73 Å². The molecule has 3 rings (SSSR count). The van der Waals surface area contributed by atoms with Crippen LogP contribution in [0.1, 0.15) is 4.88 Å². The van der Waals surface area contributed by atoms with E-state index in [-0.39, 0.29) is 0 Å². The van der Waals surface area contributed by atoms with E-state index < -0.39 is 0 Å². The molecule has 3 aromatic rings. The fourth-order valence-corrected chi connectivity index (χ4v) is 3.41. The smallest absolute Gasteiger partial charge is 0.153 e. The summed E-state index contributed by atoms with van der Waals surface area (Å²) < 4.78 is 5.46. The van der Waals surface area contributed by atoms with Crippen LogP contribution in [0.5, 0.6) is 0 Å². The van der Waals surface area contributed by atoms with Gasteiger partial charge in [-0.2, -0.15) is 0 Å². The number of thiazole rings is 1. The Labute approximate surface area is 126 Å². The number of hydrogen-bond acceptors (Lipinski definition) is 4. The molecule has 20 heavy (non-hydrogen) atoms. The molecule has 2 N–H and O–H groups in total. The molecule has 2 heterocycles. The van der Waals surface area contributed by atoms with Crippen molar-refractivity contribution < 1.29 is 4.42 Å². The Morgan fingerprint density at radius 1 is 1.20 bits per heavy atom. The third kappa shape index (κ3) is 2.50. The molecular weight excluding hydrogens is 292 g/mol. The lowest BCUT2D eigenvalue weighted by Crippen LogP contribution is -2.01. The highest BCUT2D eigenvalue weighted by atomic mass is 35.5. The molecule has 0 unspecified atom stereocenters. The Hall–Kier alpha value is -1.62. The van der Waals surface area contributed by atoms with Gasteiger partial charge in [0.05, 0.1) is 11.3 Å². The number of aromatic nitrogens is 1. The first-order chi connectivity index (χ1) is 9.79. The molecule has 0 spiro atoms. The normalized spacial score (nSPS) is 10.9. The van der Waals surface area contributed by atoms with Crippen LogP contribution < -0.4 is 5.73 Å². The third-order valence-corrected chi connectivity index (χ3v) is 4.41. The minimum Gasteiger partial charge on any atom is -0.463 e. The van der Waals surface area contributed by atoms with Crippen LogP contribution in [0.25, 0.3) is 22.0 Å². The molecule has 0 atom stereocenters. The first kappa shape index (κ1) is 13.4.